The van der Waals surface area contributed by atoms with Gasteiger partial charge in [-0.1, -0.05) is 0 Å². The third kappa shape index (κ3) is 1.42. The number of likely N-dealkylation sites (tertiary alicyclic amines) is 1. The molecule has 1 aliphatic rings. The molecule has 0 aromatic carbocycles. The Labute approximate surface area is 54.8 Å². The standard InChI is InChI=1S/C6H12N2O/c1-8-3-2-5(7)4-6(8)9/h5H,2-4,7H2,1H3/t5-/m1/s1. The number of amides is 1. The Morgan fingerprint density at radius 2 is 2.44 bits per heavy atom. The first kappa shape index (κ1) is 6.55. The van der Waals surface area contributed by atoms with E-state index in [1.54, 1.807) is 4.90 Å². The maximum absolute atomic E-state index is 10.9. The fourth-order valence-corrected chi connectivity index (χ4v) is 0.966. The highest BCUT2D eigenvalue weighted by Crippen LogP contribution is 2.06. The van der Waals surface area contributed by atoms with Crippen LogP contribution < -0.4 is 5.73 Å². The normalized spacial score (nSPS) is 28.9. The quantitative estimate of drug-likeness (QED) is 0.481. The molecule has 0 saturated carbocycles. The summed E-state index contributed by atoms with van der Waals surface area (Å²) >= 11 is 0. The average Bonchev–Trinajstić information content (AvgIpc) is 1.80. The largest absolute Gasteiger partial charge is 0.346 e. The number of rotatable bonds is 0. The van der Waals surface area contributed by atoms with Crippen molar-refractivity contribution >= 4 is 5.91 Å². The third-order valence-electron chi connectivity index (χ3n) is 1.70. The zero-order chi connectivity index (χ0) is 6.85. The molecule has 1 aliphatic heterocycles. The Balaban J connectivity index is 2.44. The maximum Gasteiger partial charge on any atom is 0.223 e. The highest BCUT2D eigenvalue weighted by atomic mass is 16.2. The van der Waals surface area contributed by atoms with Gasteiger partial charge in [-0.25, -0.2) is 0 Å². The molecule has 0 unspecified atom stereocenters. The highest BCUT2D eigenvalue weighted by molar-refractivity contribution is 5.77. The van der Waals surface area contributed by atoms with Gasteiger partial charge in [-0.05, 0) is 6.42 Å². The Morgan fingerprint density at radius 3 is 2.89 bits per heavy atom. The van der Waals surface area contributed by atoms with Gasteiger partial charge in [0.25, 0.3) is 0 Å². The minimum Gasteiger partial charge on any atom is -0.346 e. The van der Waals surface area contributed by atoms with Crippen molar-refractivity contribution in [3.8, 4) is 0 Å². The minimum atomic E-state index is 0.105. The average molecular weight is 128 g/mol. The van der Waals surface area contributed by atoms with Crippen molar-refractivity contribution in [2.24, 2.45) is 5.73 Å². The smallest absolute Gasteiger partial charge is 0.223 e. The molecular formula is C6H12N2O. The number of hydrogen-bond donors (Lipinski definition) is 1. The molecule has 1 saturated heterocycles. The van der Waals surface area contributed by atoms with E-state index in [1.165, 1.54) is 0 Å². The topological polar surface area (TPSA) is 46.3 Å². The van der Waals surface area contributed by atoms with Crippen LogP contribution in [0.1, 0.15) is 12.8 Å². The summed E-state index contributed by atoms with van der Waals surface area (Å²) in [5.41, 5.74) is 5.54. The van der Waals surface area contributed by atoms with Gasteiger partial charge < -0.3 is 10.6 Å². The van der Waals surface area contributed by atoms with Gasteiger partial charge in [-0.2, -0.15) is 0 Å². The summed E-state index contributed by atoms with van der Waals surface area (Å²) in [4.78, 5) is 12.6. The second kappa shape index (κ2) is 2.35. The number of hydrogen-bond acceptors (Lipinski definition) is 2. The van der Waals surface area contributed by atoms with Crippen molar-refractivity contribution in [2.45, 2.75) is 18.9 Å². The SMILES string of the molecule is CN1CC[C@@H](N)CC1=O. The number of piperidine rings is 1. The zero-order valence-electron chi connectivity index (χ0n) is 5.63. The number of nitrogens with zero attached hydrogens (tertiary/aromatic N) is 1. The molecule has 3 heteroatoms. The molecular weight excluding hydrogens is 116 g/mol. The second-order valence-corrected chi connectivity index (χ2v) is 2.57. The predicted molar refractivity (Wildman–Crippen MR) is 34.8 cm³/mol. The van der Waals surface area contributed by atoms with Gasteiger partial charge in [0.1, 0.15) is 0 Å². The van der Waals surface area contributed by atoms with E-state index in [0.29, 0.717) is 6.42 Å². The third-order valence-corrected chi connectivity index (χ3v) is 1.70. The molecule has 0 radical (unpaired) electrons. The Kier molecular flexibility index (Phi) is 1.71. The molecule has 0 aromatic heterocycles. The van der Waals surface area contributed by atoms with Crippen LogP contribution >= 0.6 is 0 Å². The first-order valence-electron chi connectivity index (χ1n) is 3.19. The molecule has 1 atom stereocenters. The molecule has 0 aliphatic carbocycles. The van der Waals surface area contributed by atoms with E-state index in [9.17, 15) is 4.79 Å². The van der Waals surface area contributed by atoms with Crippen molar-refractivity contribution in [1.29, 1.82) is 0 Å². The Hall–Kier alpha value is -0.570. The van der Waals surface area contributed by atoms with Gasteiger partial charge in [0.15, 0.2) is 0 Å². The van der Waals surface area contributed by atoms with Crippen LogP contribution in [0.2, 0.25) is 0 Å². The van der Waals surface area contributed by atoms with Crippen LogP contribution in [0.5, 0.6) is 0 Å². The van der Waals surface area contributed by atoms with Gasteiger partial charge in [0.05, 0.1) is 0 Å². The molecule has 3 nitrogen and oxygen atoms in total. The van der Waals surface area contributed by atoms with Crippen LogP contribution in [-0.2, 0) is 4.79 Å². The lowest BCUT2D eigenvalue weighted by Crippen LogP contribution is -2.41. The van der Waals surface area contributed by atoms with Crippen LogP contribution in [-0.4, -0.2) is 30.4 Å². The predicted octanol–water partition coefficient (Wildman–Crippen LogP) is -0.434. The summed E-state index contributed by atoms with van der Waals surface area (Å²) in [6.07, 6.45) is 1.47. The van der Waals surface area contributed by atoms with E-state index in [1.807, 2.05) is 7.05 Å². The maximum atomic E-state index is 10.9. The molecule has 1 heterocycles. The molecule has 1 fully saturated rings. The minimum absolute atomic E-state index is 0.105. The molecule has 0 spiro atoms. The van der Waals surface area contributed by atoms with Crippen molar-refractivity contribution < 1.29 is 4.79 Å². The summed E-state index contributed by atoms with van der Waals surface area (Å²) in [6.45, 7) is 0.819. The lowest BCUT2D eigenvalue weighted by atomic mass is 10.1. The summed E-state index contributed by atoms with van der Waals surface area (Å²) in [7, 11) is 1.81. The van der Waals surface area contributed by atoms with Crippen LogP contribution in [0, 0.1) is 0 Å². The molecule has 0 aromatic rings. The van der Waals surface area contributed by atoms with E-state index in [-0.39, 0.29) is 11.9 Å². The van der Waals surface area contributed by atoms with Crippen LogP contribution in [0.4, 0.5) is 0 Å². The summed E-state index contributed by atoms with van der Waals surface area (Å²) in [6, 6.07) is 0.105. The van der Waals surface area contributed by atoms with Crippen molar-refractivity contribution in [3.63, 3.8) is 0 Å². The fraction of sp³-hybridized carbons (Fsp3) is 0.833. The molecule has 2 N–H and O–H groups in total. The van der Waals surface area contributed by atoms with Crippen LogP contribution in [0.15, 0.2) is 0 Å². The highest BCUT2D eigenvalue weighted by Gasteiger charge is 2.19. The summed E-state index contributed by atoms with van der Waals surface area (Å²) < 4.78 is 0. The number of carbonyl (C=O) groups is 1. The van der Waals surface area contributed by atoms with Gasteiger partial charge in [0.2, 0.25) is 5.91 Å². The van der Waals surface area contributed by atoms with Gasteiger partial charge in [-0.3, -0.25) is 4.79 Å². The molecule has 9 heavy (non-hydrogen) atoms. The van der Waals surface area contributed by atoms with Gasteiger partial charge in [0, 0.05) is 26.1 Å². The zero-order valence-corrected chi connectivity index (χ0v) is 5.63. The lowest BCUT2D eigenvalue weighted by molar-refractivity contribution is -0.132. The van der Waals surface area contributed by atoms with Crippen LogP contribution in [0.25, 0.3) is 0 Å². The Morgan fingerprint density at radius 1 is 1.78 bits per heavy atom. The fourth-order valence-electron chi connectivity index (χ4n) is 0.966. The van der Waals surface area contributed by atoms with E-state index in [0.717, 1.165) is 13.0 Å². The van der Waals surface area contributed by atoms with Crippen molar-refractivity contribution in [1.82, 2.24) is 4.90 Å². The number of carbonyl (C=O) groups excluding carboxylic acids is 1. The first-order valence-corrected chi connectivity index (χ1v) is 3.19. The lowest BCUT2D eigenvalue weighted by Gasteiger charge is -2.25. The van der Waals surface area contributed by atoms with Gasteiger partial charge >= 0.3 is 0 Å². The molecule has 0 bridgehead atoms. The summed E-state index contributed by atoms with van der Waals surface area (Å²) in [5.74, 6) is 0.175. The van der Waals surface area contributed by atoms with E-state index in [2.05, 4.69) is 0 Å². The van der Waals surface area contributed by atoms with E-state index >= 15 is 0 Å². The second-order valence-electron chi connectivity index (χ2n) is 2.57. The van der Waals surface area contributed by atoms with E-state index in [4.69, 9.17) is 5.73 Å². The number of nitrogens with two attached hydrogens (primary N) is 1. The Bertz CT molecular complexity index is 124. The van der Waals surface area contributed by atoms with Gasteiger partial charge in [-0.15, -0.1) is 0 Å². The van der Waals surface area contributed by atoms with E-state index < -0.39 is 0 Å². The van der Waals surface area contributed by atoms with Crippen molar-refractivity contribution in [2.75, 3.05) is 13.6 Å². The van der Waals surface area contributed by atoms with Crippen LogP contribution in [0.3, 0.4) is 0 Å². The monoisotopic (exact) mass is 128 g/mol. The first-order chi connectivity index (χ1) is 4.20. The summed E-state index contributed by atoms with van der Waals surface area (Å²) in [5, 5.41) is 0. The molecule has 52 valence electrons. The van der Waals surface area contributed by atoms with Crippen molar-refractivity contribution in [3.05, 3.63) is 0 Å². The molecule has 1 amide bonds. The molecule has 1 rings (SSSR count).